The molecular formula is C17H29N3. The Kier molecular flexibility index (Phi) is 4.84. The highest BCUT2D eigenvalue weighted by molar-refractivity contribution is 5.20. The Hall–Kier alpha value is -0.900. The smallest absolute Gasteiger partial charge is 0.0359 e. The zero-order chi connectivity index (χ0) is 14.8. The maximum absolute atomic E-state index is 6.51. The lowest BCUT2D eigenvalue weighted by Gasteiger charge is -2.43. The molecule has 0 aromatic heterocycles. The van der Waals surface area contributed by atoms with E-state index in [9.17, 15) is 0 Å². The number of rotatable bonds is 4. The van der Waals surface area contributed by atoms with Crippen molar-refractivity contribution in [3.05, 3.63) is 35.9 Å². The Labute approximate surface area is 123 Å². The average molecular weight is 275 g/mol. The predicted octanol–water partition coefficient (Wildman–Crippen LogP) is 2.35. The number of benzene rings is 1. The van der Waals surface area contributed by atoms with Gasteiger partial charge in [0.2, 0.25) is 0 Å². The van der Waals surface area contributed by atoms with Crippen LogP contribution in [0.25, 0.3) is 0 Å². The van der Waals surface area contributed by atoms with Crippen molar-refractivity contribution in [2.24, 2.45) is 11.1 Å². The largest absolute Gasteiger partial charge is 0.323 e. The number of nitrogens with two attached hydrogens (primary N) is 1. The number of likely N-dealkylation sites (N-methyl/N-ethyl adjacent to an activating group) is 1. The number of piperazine rings is 1. The van der Waals surface area contributed by atoms with Crippen molar-refractivity contribution in [3.63, 3.8) is 0 Å². The van der Waals surface area contributed by atoms with Crippen LogP contribution >= 0.6 is 0 Å². The third kappa shape index (κ3) is 3.60. The normalized spacial score (nSPS) is 23.8. The minimum absolute atomic E-state index is 0.0803. The van der Waals surface area contributed by atoms with E-state index in [-0.39, 0.29) is 11.5 Å². The van der Waals surface area contributed by atoms with E-state index in [0.29, 0.717) is 6.04 Å². The van der Waals surface area contributed by atoms with Crippen molar-refractivity contribution in [3.8, 4) is 0 Å². The van der Waals surface area contributed by atoms with Gasteiger partial charge in [-0.05, 0) is 24.9 Å². The molecule has 20 heavy (non-hydrogen) atoms. The van der Waals surface area contributed by atoms with Crippen molar-refractivity contribution in [1.29, 1.82) is 0 Å². The van der Waals surface area contributed by atoms with Crippen LogP contribution in [0.15, 0.2) is 30.3 Å². The van der Waals surface area contributed by atoms with Gasteiger partial charge in [0.25, 0.3) is 0 Å². The number of nitrogens with zero attached hydrogens (tertiary/aromatic N) is 2. The summed E-state index contributed by atoms with van der Waals surface area (Å²) in [5.74, 6) is 0. The molecule has 2 N–H and O–H groups in total. The van der Waals surface area contributed by atoms with Gasteiger partial charge in [-0.1, -0.05) is 44.2 Å². The summed E-state index contributed by atoms with van der Waals surface area (Å²) >= 11 is 0. The molecular weight excluding hydrogens is 246 g/mol. The molecule has 0 bridgehead atoms. The Morgan fingerprint density at radius 2 is 1.90 bits per heavy atom. The molecule has 1 fully saturated rings. The van der Waals surface area contributed by atoms with Gasteiger partial charge in [0, 0.05) is 38.3 Å². The van der Waals surface area contributed by atoms with Crippen molar-refractivity contribution in [2.45, 2.75) is 32.9 Å². The first-order valence-electron chi connectivity index (χ1n) is 7.63. The molecule has 2 rings (SSSR count). The van der Waals surface area contributed by atoms with Crippen molar-refractivity contribution >= 4 is 0 Å². The summed E-state index contributed by atoms with van der Waals surface area (Å²) in [6.45, 7) is 11.4. The quantitative estimate of drug-likeness (QED) is 0.915. The molecule has 0 saturated carbocycles. The van der Waals surface area contributed by atoms with Gasteiger partial charge < -0.3 is 10.6 Å². The van der Waals surface area contributed by atoms with Crippen LogP contribution in [0.4, 0.5) is 0 Å². The zero-order valence-corrected chi connectivity index (χ0v) is 13.3. The first-order chi connectivity index (χ1) is 9.40. The van der Waals surface area contributed by atoms with Crippen molar-refractivity contribution in [1.82, 2.24) is 9.80 Å². The lowest BCUT2D eigenvalue weighted by Crippen LogP contribution is -2.53. The molecule has 1 aromatic rings. The fourth-order valence-corrected chi connectivity index (χ4v) is 3.05. The summed E-state index contributed by atoms with van der Waals surface area (Å²) in [6, 6.07) is 11.2. The van der Waals surface area contributed by atoms with Gasteiger partial charge in [-0.2, -0.15) is 0 Å². The number of hydrogen-bond acceptors (Lipinski definition) is 3. The van der Waals surface area contributed by atoms with Gasteiger partial charge in [-0.25, -0.2) is 0 Å². The van der Waals surface area contributed by atoms with Gasteiger partial charge in [0.05, 0.1) is 0 Å². The Balaban J connectivity index is 2.00. The minimum atomic E-state index is 0.0803. The molecule has 0 amide bonds. The maximum atomic E-state index is 6.51. The SMILES string of the molecule is CC1CN(CC(C)(C)C(N)c2ccccc2)CCN1C. The van der Waals surface area contributed by atoms with Gasteiger partial charge in [0.1, 0.15) is 0 Å². The second kappa shape index (κ2) is 6.25. The molecule has 1 saturated heterocycles. The van der Waals surface area contributed by atoms with Crippen LogP contribution in [0, 0.1) is 5.41 Å². The molecule has 0 spiro atoms. The molecule has 0 aliphatic carbocycles. The second-order valence-corrected chi connectivity index (χ2v) is 6.94. The van der Waals surface area contributed by atoms with Crippen molar-refractivity contribution < 1.29 is 0 Å². The van der Waals surface area contributed by atoms with E-state index in [4.69, 9.17) is 5.73 Å². The second-order valence-electron chi connectivity index (χ2n) is 6.94. The lowest BCUT2D eigenvalue weighted by atomic mass is 9.80. The molecule has 1 aliphatic rings. The van der Waals surface area contributed by atoms with Crippen LogP contribution in [0.5, 0.6) is 0 Å². The molecule has 112 valence electrons. The van der Waals surface area contributed by atoms with Crippen LogP contribution in [0.2, 0.25) is 0 Å². The standard InChI is InChI=1S/C17H29N3/c1-14-12-20(11-10-19(14)4)13-17(2,3)16(18)15-8-6-5-7-9-15/h5-9,14,16H,10-13,18H2,1-4H3. The monoisotopic (exact) mass is 275 g/mol. The van der Waals surface area contributed by atoms with E-state index in [1.807, 2.05) is 6.07 Å². The Morgan fingerprint density at radius 3 is 2.50 bits per heavy atom. The lowest BCUT2D eigenvalue weighted by molar-refractivity contribution is 0.0666. The van der Waals surface area contributed by atoms with Gasteiger partial charge >= 0.3 is 0 Å². The van der Waals surface area contributed by atoms with Crippen LogP contribution in [-0.4, -0.2) is 49.1 Å². The van der Waals surface area contributed by atoms with E-state index in [1.54, 1.807) is 0 Å². The molecule has 3 heteroatoms. The van der Waals surface area contributed by atoms with Crippen molar-refractivity contribution in [2.75, 3.05) is 33.2 Å². The molecule has 2 unspecified atom stereocenters. The fraction of sp³-hybridized carbons (Fsp3) is 0.647. The van der Waals surface area contributed by atoms with Crippen LogP contribution in [-0.2, 0) is 0 Å². The summed E-state index contributed by atoms with van der Waals surface area (Å²) in [5.41, 5.74) is 7.83. The third-order valence-electron chi connectivity index (χ3n) is 4.68. The first kappa shape index (κ1) is 15.5. The highest BCUT2D eigenvalue weighted by Crippen LogP contribution is 2.32. The highest BCUT2D eigenvalue weighted by Gasteiger charge is 2.32. The average Bonchev–Trinajstić information content (AvgIpc) is 2.43. The Morgan fingerprint density at radius 1 is 1.25 bits per heavy atom. The van der Waals surface area contributed by atoms with Crippen LogP contribution in [0.3, 0.4) is 0 Å². The van der Waals surface area contributed by atoms with E-state index >= 15 is 0 Å². The van der Waals surface area contributed by atoms with Crippen LogP contribution < -0.4 is 5.73 Å². The molecule has 1 aromatic carbocycles. The summed E-state index contributed by atoms with van der Waals surface area (Å²) < 4.78 is 0. The minimum Gasteiger partial charge on any atom is -0.323 e. The van der Waals surface area contributed by atoms with E-state index < -0.39 is 0 Å². The summed E-state index contributed by atoms with van der Waals surface area (Å²) in [6.07, 6.45) is 0. The molecule has 1 heterocycles. The van der Waals surface area contributed by atoms with Gasteiger partial charge in [-0.3, -0.25) is 4.90 Å². The summed E-state index contributed by atoms with van der Waals surface area (Å²) in [5, 5.41) is 0. The molecule has 0 radical (unpaired) electrons. The summed E-state index contributed by atoms with van der Waals surface area (Å²) in [4.78, 5) is 4.99. The molecule has 3 nitrogen and oxygen atoms in total. The topological polar surface area (TPSA) is 32.5 Å². The van der Waals surface area contributed by atoms with Gasteiger partial charge in [-0.15, -0.1) is 0 Å². The Bertz CT molecular complexity index is 416. The van der Waals surface area contributed by atoms with Crippen LogP contribution in [0.1, 0.15) is 32.4 Å². The maximum Gasteiger partial charge on any atom is 0.0359 e. The summed E-state index contributed by atoms with van der Waals surface area (Å²) in [7, 11) is 2.21. The molecule has 1 aliphatic heterocycles. The highest BCUT2D eigenvalue weighted by atomic mass is 15.3. The first-order valence-corrected chi connectivity index (χ1v) is 7.63. The predicted molar refractivity (Wildman–Crippen MR) is 85.7 cm³/mol. The molecule has 2 atom stereocenters. The van der Waals surface area contributed by atoms with E-state index in [0.717, 1.165) is 26.2 Å². The van der Waals surface area contributed by atoms with E-state index in [2.05, 4.69) is 61.9 Å². The third-order valence-corrected chi connectivity index (χ3v) is 4.68. The zero-order valence-electron chi connectivity index (χ0n) is 13.3. The number of hydrogen-bond donors (Lipinski definition) is 1. The van der Waals surface area contributed by atoms with E-state index in [1.165, 1.54) is 5.56 Å². The van der Waals surface area contributed by atoms with Gasteiger partial charge in [0.15, 0.2) is 0 Å². The fourth-order valence-electron chi connectivity index (χ4n) is 3.05.